The molecule has 1 saturated heterocycles. The first-order valence-corrected chi connectivity index (χ1v) is 6.00. The topological polar surface area (TPSA) is 32.3 Å². The minimum Gasteiger partial charge on any atom is -0.338 e. The number of carbonyl (C=O) groups excluding carboxylic acids is 1. The molecular weight excluding hydrogens is 233 g/mol. The van der Waals surface area contributed by atoms with E-state index in [0.717, 1.165) is 12.8 Å². The fraction of sp³-hybridized carbons (Fsp3) is 0.909. The predicted octanol–water partition coefficient (Wildman–Crippen LogP) is 1.68. The molecule has 0 aromatic carbocycles. The molecular formula is C11H17F3N2O. The second-order valence-electron chi connectivity index (χ2n) is 4.98. The quantitative estimate of drug-likeness (QED) is 0.823. The molecule has 1 heterocycles. The zero-order valence-corrected chi connectivity index (χ0v) is 9.76. The number of alkyl halides is 3. The lowest BCUT2D eigenvalue weighted by molar-refractivity contribution is -0.151. The molecule has 1 saturated carbocycles. The molecule has 17 heavy (non-hydrogen) atoms. The number of rotatable bonds is 4. The van der Waals surface area contributed by atoms with Gasteiger partial charge in [-0.1, -0.05) is 0 Å². The van der Waals surface area contributed by atoms with Crippen molar-refractivity contribution in [1.29, 1.82) is 0 Å². The van der Waals surface area contributed by atoms with Gasteiger partial charge in [0.05, 0.1) is 12.5 Å². The number of halogens is 3. The first-order valence-electron chi connectivity index (χ1n) is 6.00. The van der Waals surface area contributed by atoms with Crippen LogP contribution in [0.3, 0.4) is 0 Å². The van der Waals surface area contributed by atoms with Crippen LogP contribution in [0.2, 0.25) is 0 Å². The standard InChI is InChI=1S/C11H17F3N2O/c1-7(6-11(12,13)14)16-5-4-9(10(16)17)15-8-2-3-8/h7-9,15H,2-6H2,1H3. The monoisotopic (exact) mass is 250 g/mol. The smallest absolute Gasteiger partial charge is 0.338 e. The van der Waals surface area contributed by atoms with Crippen molar-refractivity contribution in [3.63, 3.8) is 0 Å². The third-order valence-corrected chi connectivity index (χ3v) is 3.31. The van der Waals surface area contributed by atoms with Crippen LogP contribution in [-0.4, -0.2) is 41.7 Å². The summed E-state index contributed by atoms with van der Waals surface area (Å²) in [5.41, 5.74) is 0. The molecule has 0 radical (unpaired) electrons. The van der Waals surface area contributed by atoms with Gasteiger partial charge in [0.25, 0.3) is 0 Å². The molecule has 0 aromatic heterocycles. The Bertz CT molecular complexity index is 302. The van der Waals surface area contributed by atoms with Gasteiger partial charge in [0.1, 0.15) is 0 Å². The molecule has 2 unspecified atom stereocenters. The van der Waals surface area contributed by atoms with Gasteiger partial charge in [0.2, 0.25) is 5.91 Å². The summed E-state index contributed by atoms with van der Waals surface area (Å²) < 4.78 is 36.8. The van der Waals surface area contributed by atoms with Crippen LogP contribution >= 0.6 is 0 Å². The predicted molar refractivity (Wildman–Crippen MR) is 56.4 cm³/mol. The molecule has 98 valence electrons. The number of carbonyl (C=O) groups is 1. The van der Waals surface area contributed by atoms with Crippen molar-refractivity contribution in [2.24, 2.45) is 0 Å². The Morgan fingerprint density at radius 2 is 2.06 bits per heavy atom. The normalized spacial score (nSPS) is 27.6. The highest BCUT2D eigenvalue weighted by atomic mass is 19.4. The number of hydrogen-bond acceptors (Lipinski definition) is 2. The van der Waals surface area contributed by atoms with Gasteiger partial charge in [0, 0.05) is 18.6 Å². The Morgan fingerprint density at radius 3 is 2.59 bits per heavy atom. The van der Waals surface area contributed by atoms with Gasteiger partial charge >= 0.3 is 6.18 Å². The van der Waals surface area contributed by atoms with Crippen molar-refractivity contribution in [2.75, 3.05) is 6.54 Å². The third-order valence-electron chi connectivity index (χ3n) is 3.31. The van der Waals surface area contributed by atoms with E-state index in [2.05, 4.69) is 5.32 Å². The molecule has 2 rings (SSSR count). The maximum absolute atomic E-state index is 12.3. The Kier molecular flexibility index (Phi) is 3.34. The molecule has 2 atom stereocenters. The summed E-state index contributed by atoms with van der Waals surface area (Å²) in [6, 6.07) is -0.617. The van der Waals surface area contributed by atoms with Crippen LogP contribution < -0.4 is 5.32 Å². The summed E-state index contributed by atoms with van der Waals surface area (Å²) in [5, 5.41) is 3.18. The molecule has 1 aliphatic heterocycles. The lowest BCUT2D eigenvalue weighted by atomic mass is 10.2. The van der Waals surface area contributed by atoms with E-state index < -0.39 is 18.6 Å². The number of amides is 1. The lowest BCUT2D eigenvalue weighted by Gasteiger charge is -2.25. The van der Waals surface area contributed by atoms with E-state index in [9.17, 15) is 18.0 Å². The first-order chi connectivity index (χ1) is 7.87. The van der Waals surface area contributed by atoms with Gasteiger partial charge in [-0.3, -0.25) is 4.79 Å². The van der Waals surface area contributed by atoms with E-state index >= 15 is 0 Å². The summed E-state index contributed by atoms with van der Waals surface area (Å²) in [4.78, 5) is 13.2. The molecule has 0 bridgehead atoms. The Hall–Kier alpha value is -0.780. The average Bonchev–Trinajstić information content (AvgIpc) is 2.90. The second kappa shape index (κ2) is 4.48. The Labute approximate surface area is 98.3 Å². The maximum atomic E-state index is 12.3. The molecule has 0 spiro atoms. The summed E-state index contributed by atoms with van der Waals surface area (Å²) in [5.74, 6) is -0.173. The number of nitrogens with zero attached hydrogens (tertiary/aromatic N) is 1. The third kappa shape index (κ3) is 3.34. The summed E-state index contributed by atoms with van der Waals surface area (Å²) in [6.45, 7) is 1.89. The molecule has 6 heteroatoms. The SMILES string of the molecule is CC(CC(F)(F)F)N1CCC(NC2CC2)C1=O. The highest BCUT2D eigenvalue weighted by Crippen LogP contribution is 2.27. The van der Waals surface area contributed by atoms with E-state index in [-0.39, 0.29) is 11.9 Å². The summed E-state index contributed by atoms with van der Waals surface area (Å²) in [6.07, 6.45) is -2.36. The van der Waals surface area contributed by atoms with Crippen molar-refractivity contribution in [3.05, 3.63) is 0 Å². The van der Waals surface area contributed by atoms with Gasteiger partial charge in [-0.2, -0.15) is 13.2 Å². The minimum atomic E-state index is -4.21. The van der Waals surface area contributed by atoms with Crippen LogP contribution in [0.5, 0.6) is 0 Å². The summed E-state index contributed by atoms with van der Waals surface area (Å²) >= 11 is 0. The van der Waals surface area contributed by atoms with Crippen LogP contribution in [-0.2, 0) is 4.79 Å². The van der Waals surface area contributed by atoms with E-state index in [1.54, 1.807) is 0 Å². The Morgan fingerprint density at radius 1 is 1.41 bits per heavy atom. The Balaban J connectivity index is 1.87. The largest absolute Gasteiger partial charge is 0.391 e. The lowest BCUT2D eigenvalue weighted by Crippen LogP contribution is -2.43. The van der Waals surface area contributed by atoms with Gasteiger partial charge in [-0.05, 0) is 26.2 Å². The zero-order chi connectivity index (χ0) is 12.6. The van der Waals surface area contributed by atoms with Gasteiger partial charge in [-0.25, -0.2) is 0 Å². The van der Waals surface area contributed by atoms with Crippen LogP contribution in [0.1, 0.15) is 32.6 Å². The zero-order valence-electron chi connectivity index (χ0n) is 9.76. The van der Waals surface area contributed by atoms with Crippen LogP contribution in [0, 0.1) is 0 Å². The summed E-state index contributed by atoms with van der Waals surface area (Å²) in [7, 11) is 0. The molecule has 1 aliphatic carbocycles. The van der Waals surface area contributed by atoms with Crippen LogP contribution in [0.4, 0.5) is 13.2 Å². The van der Waals surface area contributed by atoms with Crippen LogP contribution in [0.25, 0.3) is 0 Å². The molecule has 1 amide bonds. The molecule has 2 aliphatic rings. The molecule has 3 nitrogen and oxygen atoms in total. The fourth-order valence-electron chi connectivity index (χ4n) is 2.27. The van der Waals surface area contributed by atoms with Crippen LogP contribution in [0.15, 0.2) is 0 Å². The van der Waals surface area contributed by atoms with Gasteiger partial charge in [-0.15, -0.1) is 0 Å². The van der Waals surface area contributed by atoms with E-state index in [4.69, 9.17) is 0 Å². The molecule has 1 N–H and O–H groups in total. The van der Waals surface area contributed by atoms with Crippen molar-refractivity contribution in [3.8, 4) is 0 Å². The highest BCUT2D eigenvalue weighted by Gasteiger charge is 2.40. The number of likely N-dealkylation sites (tertiary alicyclic amines) is 1. The van der Waals surface area contributed by atoms with Crippen molar-refractivity contribution in [2.45, 2.75) is 56.9 Å². The van der Waals surface area contributed by atoms with E-state index in [0.29, 0.717) is 19.0 Å². The van der Waals surface area contributed by atoms with Crippen molar-refractivity contribution >= 4 is 5.91 Å². The van der Waals surface area contributed by atoms with Gasteiger partial charge in [0.15, 0.2) is 0 Å². The maximum Gasteiger partial charge on any atom is 0.391 e. The van der Waals surface area contributed by atoms with E-state index in [1.807, 2.05) is 0 Å². The van der Waals surface area contributed by atoms with Gasteiger partial charge < -0.3 is 10.2 Å². The number of hydrogen-bond donors (Lipinski definition) is 1. The average molecular weight is 250 g/mol. The fourth-order valence-corrected chi connectivity index (χ4v) is 2.27. The first kappa shape index (κ1) is 12.7. The second-order valence-corrected chi connectivity index (χ2v) is 4.98. The van der Waals surface area contributed by atoms with E-state index in [1.165, 1.54) is 11.8 Å². The van der Waals surface area contributed by atoms with Crippen molar-refractivity contribution < 1.29 is 18.0 Å². The molecule has 0 aromatic rings. The van der Waals surface area contributed by atoms with Crippen molar-refractivity contribution in [1.82, 2.24) is 10.2 Å². The highest BCUT2D eigenvalue weighted by molar-refractivity contribution is 5.84. The minimum absolute atomic E-state index is 0.173. The molecule has 2 fully saturated rings. The number of nitrogens with one attached hydrogen (secondary N) is 1.